The lowest BCUT2D eigenvalue weighted by Crippen LogP contribution is -2.38. The summed E-state index contributed by atoms with van der Waals surface area (Å²) in [5, 5.41) is 7.43. The Labute approximate surface area is 130 Å². The summed E-state index contributed by atoms with van der Waals surface area (Å²) in [6.45, 7) is 5.54. The SMILES string of the molecule is CNc1nc(NC(C)CN2CCCCC2)c(Cl)cc1Cl. The number of pyridine rings is 1. The first-order valence-electron chi connectivity index (χ1n) is 7.13. The van der Waals surface area contributed by atoms with Gasteiger partial charge >= 0.3 is 0 Å². The molecule has 1 aliphatic rings. The zero-order valence-corrected chi connectivity index (χ0v) is 13.6. The molecule has 0 aromatic carbocycles. The Morgan fingerprint density at radius 1 is 1.20 bits per heavy atom. The van der Waals surface area contributed by atoms with E-state index >= 15 is 0 Å². The highest BCUT2D eigenvalue weighted by molar-refractivity contribution is 6.37. The number of hydrogen-bond acceptors (Lipinski definition) is 4. The number of rotatable bonds is 5. The van der Waals surface area contributed by atoms with Gasteiger partial charge in [-0.2, -0.15) is 0 Å². The molecule has 112 valence electrons. The fourth-order valence-electron chi connectivity index (χ4n) is 2.55. The lowest BCUT2D eigenvalue weighted by molar-refractivity contribution is 0.223. The number of anilines is 2. The van der Waals surface area contributed by atoms with Crippen molar-refractivity contribution in [3.8, 4) is 0 Å². The molecule has 1 saturated heterocycles. The number of nitrogens with one attached hydrogen (secondary N) is 2. The van der Waals surface area contributed by atoms with Crippen LogP contribution in [0.5, 0.6) is 0 Å². The summed E-state index contributed by atoms with van der Waals surface area (Å²) < 4.78 is 0. The predicted molar refractivity (Wildman–Crippen MR) is 87.2 cm³/mol. The second-order valence-electron chi connectivity index (χ2n) is 5.31. The molecule has 1 fully saturated rings. The molecule has 20 heavy (non-hydrogen) atoms. The summed E-state index contributed by atoms with van der Waals surface area (Å²) in [7, 11) is 1.79. The Hall–Kier alpha value is -0.710. The second-order valence-corrected chi connectivity index (χ2v) is 6.12. The van der Waals surface area contributed by atoms with Crippen LogP contribution in [0.3, 0.4) is 0 Å². The summed E-state index contributed by atoms with van der Waals surface area (Å²) >= 11 is 12.2. The van der Waals surface area contributed by atoms with E-state index < -0.39 is 0 Å². The molecule has 1 aliphatic heterocycles. The lowest BCUT2D eigenvalue weighted by Gasteiger charge is -2.29. The van der Waals surface area contributed by atoms with Crippen molar-refractivity contribution in [2.45, 2.75) is 32.2 Å². The number of hydrogen-bond donors (Lipinski definition) is 2. The number of nitrogens with zero attached hydrogens (tertiary/aromatic N) is 2. The summed E-state index contributed by atoms with van der Waals surface area (Å²) in [6.07, 6.45) is 3.96. The van der Waals surface area contributed by atoms with Gasteiger partial charge in [0.25, 0.3) is 0 Å². The molecule has 0 radical (unpaired) electrons. The van der Waals surface area contributed by atoms with Crippen molar-refractivity contribution < 1.29 is 0 Å². The van der Waals surface area contributed by atoms with Crippen molar-refractivity contribution in [1.29, 1.82) is 0 Å². The van der Waals surface area contributed by atoms with Crippen LogP contribution in [0, 0.1) is 0 Å². The van der Waals surface area contributed by atoms with Crippen LogP contribution in [-0.4, -0.2) is 42.6 Å². The Kier molecular flexibility index (Phi) is 5.75. The minimum Gasteiger partial charge on any atom is -0.372 e. The molecule has 0 amide bonds. The molecule has 2 rings (SSSR count). The van der Waals surface area contributed by atoms with Crippen LogP contribution in [0.4, 0.5) is 11.6 Å². The Balaban J connectivity index is 1.97. The average molecular weight is 317 g/mol. The van der Waals surface area contributed by atoms with Gasteiger partial charge in [0.05, 0.1) is 10.0 Å². The van der Waals surface area contributed by atoms with Gasteiger partial charge in [-0.3, -0.25) is 0 Å². The molecule has 0 aliphatic carbocycles. The largest absolute Gasteiger partial charge is 0.372 e. The van der Waals surface area contributed by atoms with Gasteiger partial charge in [0.1, 0.15) is 11.6 Å². The molecule has 2 heterocycles. The van der Waals surface area contributed by atoms with Crippen molar-refractivity contribution in [3.05, 3.63) is 16.1 Å². The van der Waals surface area contributed by atoms with Gasteiger partial charge in [-0.15, -0.1) is 0 Å². The molecule has 2 N–H and O–H groups in total. The zero-order chi connectivity index (χ0) is 14.5. The maximum Gasteiger partial charge on any atom is 0.147 e. The van der Waals surface area contributed by atoms with Crippen molar-refractivity contribution in [3.63, 3.8) is 0 Å². The molecule has 0 saturated carbocycles. The number of piperidine rings is 1. The maximum absolute atomic E-state index is 6.19. The fraction of sp³-hybridized carbons (Fsp3) is 0.643. The molecule has 1 atom stereocenters. The number of likely N-dealkylation sites (tertiary alicyclic amines) is 1. The standard InChI is InChI=1S/C14H22Cl2N4/c1-10(9-20-6-4-3-5-7-20)18-14-12(16)8-11(15)13(17-2)19-14/h8,10H,3-7,9H2,1-2H3,(H2,17,18,19). The van der Waals surface area contributed by atoms with Crippen LogP contribution in [0.1, 0.15) is 26.2 Å². The van der Waals surface area contributed by atoms with Crippen LogP contribution in [0.2, 0.25) is 10.0 Å². The quantitative estimate of drug-likeness (QED) is 0.868. The van der Waals surface area contributed by atoms with Crippen LogP contribution >= 0.6 is 23.2 Å². The third-order valence-corrected chi connectivity index (χ3v) is 4.11. The summed E-state index contributed by atoms with van der Waals surface area (Å²) in [5.74, 6) is 1.33. The molecular formula is C14H22Cl2N4. The predicted octanol–water partition coefficient (Wildman–Crippen LogP) is 3.72. The first kappa shape index (κ1) is 15.7. The second kappa shape index (κ2) is 7.34. The van der Waals surface area contributed by atoms with Gasteiger partial charge < -0.3 is 15.5 Å². The van der Waals surface area contributed by atoms with Crippen molar-refractivity contribution in [2.24, 2.45) is 0 Å². The average Bonchev–Trinajstić information content (AvgIpc) is 2.43. The molecule has 1 aromatic rings. The highest BCUT2D eigenvalue weighted by atomic mass is 35.5. The molecule has 0 spiro atoms. The van der Waals surface area contributed by atoms with E-state index in [1.165, 1.54) is 32.4 Å². The highest BCUT2D eigenvalue weighted by Crippen LogP contribution is 2.29. The van der Waals surface area contributed by atoms with Gasteiger partial charge in [-0.1, -0.05) is 29.6 Å². The van der Waals surface area contributed by atoms with Gasteiger partial charge in [-0.05, 0) is 38.9 Å². The van der Waals surface area contributed by atoms with E-state index in [1.807, 2.05) is 0 Å². The van der Waals surface area contributed by atoms with E-state index in [9.17, 15) is 0 Å². The number of aromatic nitrogens is 1. The van der Waals surface area contributed by atoms with E-state index in [1.54, 1.807) is 13.1 Å². The summed E-state index contributed by atoms with van der Waals surface area (Å²) in [5.41, 5.74) is 0. The maximum atomic E-state index is 6.19. The van der Waals surface area contributed by atoms with E-state index in [0.29, 0.717) is 27.7 Å². The lowest BCUT2D eigenvalue weighted by atomic mass is 10.1. The first-order chi connectivity index (χ1) is 9.60. The van der Waals surface area contributed by atoms with Gasteiger partial charge in [0.15, 0.2) is 0 Å². The van der Waals surface area contributed by atoms with Crippen LogP contribution in [0.15, 0.2) is 6.07 Å². The van der Waals surface area contributed by atoms with Crippen LogP contribution in [0.25, 0.3) is 0 Å². The van der Waals surface area contributed by atoms with E-state index in [-0.39, 0.29) is 0 Å². The Morgan fingerprint density at radius 3 is 2.50 bits per heavy atom. The third kappa shape index (κ3) is 4.14. The summed E-state index contributed by atoms with van der Waals surface area (Å²) in [6, 6.07) is 2.02. The first-order valence-corrected chi connectivity index (χ1v) is 7.88. The van der Waals surface area contributed by atoms with Crippen molar-refractivity contribution in [1.82, 2.24) is 9.88 Å². The van der Waals surface area contributed by atoms with Crippen LogP contribution < -0.4 is 10.6 Å². The van der Waals surface area contributed by atoms with E-state index in [4.69, 9.17) is 23.2 Å². The molecule has 1 aromatic heterocycles. The topological polar surface area (TPSA) is 40.2 Å². The normalized spacial score (nSPS) is 17.8. The highest BCUT2D eigenvalue weighted by Gasteiger charge is 2.15. The van der Waals surface area contributed by atoms with Gasteiger partial charge in [0, 0.05) is 19.6 Å². The minimum atomic E-state index is 0.295. The van der Waals surface area contributed by atoms with E-state index in [0.717, 1.165) is 6.54 Å². The Bertz CT molecular complexity index is 447. The zero-order valence-electron chi connectivity index (χ0n) is 12.0. The third-order valence-electron chi connectivity index (χ3n) is 3.53. The Morgan fingerprint density at radius 2 is 1.85 bits per heavy atom. The summed E-state index contributed by atoms with van der Waals surface area (Å²) in [4.78, 5) is 6.91. The molecule has 1 unspecified atom stereocenters. The monoisotopic (exact) mass is 316 g/mol. The molecule has 4 nitrogen and oxygen atoms in total. The molecular weight excluding hydrogens is 295 g/mol. The van der Waals surface area contributed by atoms with Crippen molar-refractivity contribution in [2.75, 3.05) is 37.3 Å². The van der Waals surface area contributed by atoms with E-state index in [2.05, 4.69) is 27.4 Å². The van der Waals surface area contributed by atoms with Gasteiger partial charge in [-0.25, -0.2) is 4.98 Å². The minimum absolute atomic E-state index is 0.295. The fourth-order valence-corrected chi connectivity index (χ4v) is 3.06. The smallest absolute Gasteiger partial charge is 0.147 e. The van der Waals surface area contributed by atoms with Gasteiger partial charge in [0.2, 0.25) is 0 Å². The molecule has 0 bridgehead atoms. The van der Waals surface area contributed by atoms with Crippen LogP contribution in [-0.2, 0) is 0 Å². The number of halogens is 2. The van der Waals surface area contributed by atoms with Crippen molar-refractivity contribution >= 4 is 34.8 Å². The molecule has 6 heteroatoms.